The summed E-state index contributed by atoms with van der Waals surface area (Å²) in [6.45, 7) is 0. The van der Waals surface area contributed by atoms with E-state index in [1.807, 2.05) is 24.3 Å². The van der Waals surface area contributed by atoms with Crippen molar-refractivity contribution in [3.63, 3.8) is 0 Å². The van der Waals surface area contributed by atoms with Crippen molar-refractivity contribution in [2.75, 3.05) is 7.11 Å². The molecule has 1 aromatic carbocycles. The van der Waals surface area contributed by atoms with E-state index in [1.165, 1.54) is 5.56 Å². The molecule has 0 unspecified atom stereocenters. The van der Waals surface area contributed by atoms with Crippen molar-refractivity contribution in [1.82, 2.24) is 5.16 Å². The van der Waals surface area contributed by atoms with Gasteiger partial charge in [-0.3, -0.25) is 4.79 Å². The highest BCUT2D eigenvalue weighted by atomic mass is 16.5. The molecular formula is C13H13NO3. The Hall–Kier alpha value is -2.10. The largest absolute Gasteiger partial charge is 0.497 e. The monoisotopic (exact) mass is 231 g/mol. The molecule has 0 aliphatic rings. The number of carbonyl (C=O) groups is 1. The molecular weight excluding hydrogens is 218 g/mol. The molecule has 2 rings (SSSR count). The Morgan fingerprint density at radius 1 is 1.29 bits per heavy atom. The van der Waals surface area contributed by atoms with Crippen molar-refractivity contribution < 1.29 is 14.1 Å². The lowest BCUT2D eigenvalue weighted by molar-refractivity contribution is 0.111. The van der Waals surface area contributed by atoms with Gasteiger partial charge in [-0.1, -0.05) is 17.3 Å². The van der Waals surface area contributed by atoms with E-state index in [9.17, 15) is 4.79 Å². The molecule has 1 aromatic heterocycles. The quantitative estimate of drug-likeness (QED) is 0.741. The van der Waals surface area contributed by atoms with Crippen LogP contribution in [0, 0.1) is 0 Å². The van der Waals surface area contributed by atoms with Gasteiger partial charge in [-0.05, 0) is 24.1 Å². The molecule has 0 aliphatic carbocycles. The van der Waals surface area contributed by atoms with E-state index in [1.54, 1.807) is 13.2 Å². The van der Waals surface area contributed by atoms with Crippen molar-refractivity contribution in [2.24, 2.45) is 0 Å². The van der Waals surface area contributed by atoms with Gasteiger partial charge in [-0.2, -0.15) is 0 Å². The third kappa shape index (κ3) is 2.93. The van der Waals surface area contributed by atoms with Crippen LogP contribution in [0.2, 0.25) is 0 Å². The van der Waals surface area contributed by atoms with Gasteiger partial charge in [0.2, 0.25) is 0 Å². The summed E-state index contributed by atoms with van der Waals surface area (Å²) in [5.41, 5.74) is 1.53. The van der Waals surface area contributed by atoms with Crippen LogP contribution in [0.15, 0.2) is 34.9 Å². The van der Waals surface area contributed by atoms with E-state index in [2.05, 4.69) is 5.16 Å². The highest BCUT2D eigenvalue weighted by Gasteiger charge is 2.03. The summed E-state index contributed by atoms with van der Waals surface area (Å²) in [6.07, 6.45) is 2.25. The molecule has 0 saturated heterocycles. The maximum atomic E-state index is 10.4. The molecule has 0 spiro atoms. The van der Waals surface area contributed by atoms with E-state index in [0.29, 0.717) is 12.0 Å². The van der Waals surface area contributed by atoms with Crippen LogP contribution in [0.25, 0.3) is 0 Å². The third-order valence-corrected chi connectivity index (χ3v) is 2.52. The number of ether oxygens (including phenoxy) is 1. The first-order chi connectivity index (χ1) is 8.31. The molecule has 0 N–H and O–H groups in total. The number of aromatic nitrogens is 1. The summed E-state index contributed by atoms with van der Waals surface area (Å²) in [5.74, 6) is 1.57. The first-order valence-electron chi connectivity index (χ1n) is 5.35. The molecule has 0 atom stereocenters. The molecule has 2 aromatic rings. The highest BCUT2D eigenvalue weighted by molar-refractivity contribution is 5.71. The van der Waals surface area contributed by atoms with E-state index in [4.69, 9.17) is 9.26 Å². The highest BCUT2D eigenvalue weighted by Crippen LogP contribution is 2.13. The minimum absolute atomic E-state index is 0.342. The fourth-order valence-electron chi connectivity index (χ4n) is 1.56. The fraction of sp³-hybridized carbons (Fsp3) is 0.231. The molecule has 88 valence electrons. The smallest absolute Gasteiger partial charge is 0.171 e. The van der Waals surface area contributed by atoms with Crippen molar-refractivity contribution in [3.05, 3.63) is 47.3 Å². The van der Waals surface area contributed by atoms with Crippen LogP contribution in [-0.4, -0.2) is 18.6 Å². The van der Waals surface area contributed by atoms with Gasteiger partial charge in [0.25, 0.3) is 0 Å². The van der Waals surface area contributed by atoms with Gasteiger partial charge in [0.1, 0.15) is 17.2 Å². The van der Waals surface area contributed by atoms with Crippen LogP contribution >= 0.6 is 0 Å². The number of nitrogens with zero attached hydrogens (tertiary/aromatic N) is 1. The summed E-state index contributed by atoms with van der Waals surface area (Å²) >= 11 is 0. The molecule has 4 heteroatoms. The van der Waals surface area contributed by atoms with E-state index < -0.39 is 0 Å². The second kappa shape index (κ2) is 5.30. The summed E-state index contributed by atoms with van der Waals surface area (Å²) in [6, 6.07) is 9.53. The molecule has 0 bridgehead atoms. The molecule has 0 fully saturated rings. The average molecular weight is 231 g/mol. The maximum Gasteiger partial charge on any atom is 0.171 e. The second-order valence-corrected chi connectivity index (χ2v) is 3.68. The molecule has 0 saturated carbocycles. The predicted molar refractivity (Wildman–Crippen MR) is 62.3 cm³/mol. The third-order valence-electron chi connectivity index (χ3n) is 2.52. The van der Waals surface area contributed by atoms with Crippen molar-refractivity contribution in [3.8, 4) is 5.75 Å². The number of benzene rings is 1. The number of aldehydes is 1. The van der Waals surface area contributed by atoms with Crippen LogP contribution < -0.4 is 4.74 Å². The van der Waals surface area contributed by atoms with Gasteiger partial charge in [-0.15, -0.1) is 0 Å². The Kier molecular flexibility index (Phi) is 3.55. The lowest BCUT2D eigenvalue weighted by Gasteiger charge is -2.01. The first kappa shape index (κ1) is 11.4. The number of hydrogen-bond acceptors (Lipinski definition) is 4. The number of rotatable bonds is 5. The van der Waals surface area contributed by atoms with Gasteiger partial charge >= 0.3 is 0 Å². The molecule has 1 heterocycles. The average Bonchev–Trinajstić information content (AvgIpc) is 2.85. The number of hydrogen-bond donors (Lipinski definition) is 0. The van der Waals surface area contributed by atoms with E-state index in [-0.39, 0.29) is 0 Å². The SMILES string of the molecule is COc1ccc(CCc2cc(C=O)no2)cc1. The minimum Gasteiger partial charge on any atom is -0.497 e. The summed E-state index contributed by atoms with van der Waals surface area (Å²) in [5, 5.41) is 3.61. The molecule has 0 amide bonds. The molecule has 0 radical (unpaired) electrons. The van der Waals surface area contributed by atoms with Crippen LogP contribution in [-0.2, 0) is 12.8 Å². The lowest BCUT2D eigenvalue weighted by Crippen LogP contribution is -1.90. The molecule has 0 aliphatic heterocycles. The van der Waals surface area contributed by atoms with Crippen molar-refractivity contribution in [2.45, 2.75) is 12.8 Å². The predicted octanol–water partition coefficient (Wildman–Crippen LogP) is 2.28. The zero-order valence-corrected chi connectivity index (χ0v) is 9.55. The van der Waals surface area contributed by atoms with Crippen LogP contribution in [0.3, 0.4) is 0 Å². The summed E-state index contributed by atoms with van der Waals surface area (Å²) in [4.78, 5) is 10.4. The Morgan fingerprint density at radius 2 is 2.06 bits per heavy atom. The van der Waals surface area contributed by atoms with Gasteiger partial charge < -0.3 is 9.26 Å². The normalized spacial score (nSPS) is 10.2. The number of carbonyl (C=O) groups excluding carboxylic acids is 1. The van der Waals surface area contributed by atoms with Gasteiger partial charge in [0.05, 0.1) is 7.11 Å². The zero-order chi connectivity index (χ0) is 12.1. The topological polar surface area (TPSA) is 52.3 Å². The van der Waals surface area contributed by atoms with Crippen LogP contribution in [0.1, 0.15) is 21.8 Å². The lowest BCUT2D eigenvalue weighted by atomic mass is 10.1. The fourth-order valence-corrected chi connectivity index (χ4v) is 1.56. The van der Waals surface area contributed by atoms with Crippen molar-refractivity contribution >= 4 is 6.29 Å². The van der Waals surface area contributed by atoms with Crippen LogP contribution in [0.5, 0.6) is 5.75 Å². The van der Waals surface area contributed by atoms with Crippen LogP contribution in [0.4, 0.5) is 0 Å². The Balaban J connectivity index is 1.94. The molecule has 17 heavy (non-hydrogen) atoms. The zero-order valence-electron chi connectivity index (χ0n) is 9.55. The van der Waals surface area contributed by atoms with Gasteiger partial charge in [-0.25, -0.2) is 0 Å². The molecule has 4 nitrogen and oxygen atoms in total. The summed E-state index contributed by atoms with van der Waals surface area (Å²) in [7, 11) is 1.64. The second-order valence-electron chi connectivity index (χ2n) is 3.68. The summed E-state index contributed by atoms with van der Waals surface area (Å²) < 4.78 is 10.1. The number of aryl methyl sites for hydroxylation is 2. The van der Waals surface area contributed by atoms with Gasteiger partial charge in [0, 0.05) is 12.5 Å². The Labute approximate surface area is 99.2 Å². The standard InChI is InChI=1S/C13H13NO3/c1-16-12-5-2-10(3-6-12)4-7-13-8-11(9-15)14-17-13/h2-3,5-6,8-9H,4,7H2,1H3. The maximum absolute atomic E-state index is 10.4. The van der Waals surface area contributed by atoms with Gasteiger partial charge in [0.15, 0.2) is 6.29 Å². The Morgan fingerprint density at radius 3 is 2.65 bits per heavy atom. The Bertz CT molecular complexity index is 488. The minimum atomic E-state index is 0.342. The van der Waals surface area contributed by atoms with Crippen molar-refractivity contribution in [1.29, 1.82) is 0 Å². The van der Waals surface area contributed by atoms with E-state index in [0.717, 1.165) is 24.4 Å². The first-order valence-corrected chi connectivity index (χ1v) is 5.35. The number of methoxy groups -OCH3 is 1. The van der Waals surface area contributed by atoms with E-state index >= 15 is 0 Å².